The van der Waals surface area contributed by atoms with E-state index in [2.05, 4.69) is 16.4 Å². The van der Waals surface area contributed by atoms with Crippen LogP contribution in [0.5, 0.6) is 0 Å². The molecule has 1 aliphatic heterocycles. The summed E-state index contributed by atoms with van der Waals surface area (Å²) >= 11 is 6.30. The lowest BCUT2D eigenvalue weighted by molar-refractivity contribution is -0.129. The lowest BCUT2D eigenvalue weighted by atomic mass is 9.67. The Labute approximate surface area is 195 Å². The second kappa shape index (κ2) is 10.1. The van der Waals surface area contributed by atoms with Gasteiger partial charge in [0.2, 0.25) is 0 Å². The van der Waals surface area contributed by atoms with Crippen molar-refractivity contribution < 1.29 is 19.1 Å². The number of hydrogen-bond acceptors (Lipinski definition) is 5. The van der Waals surface area contributed by atoms with Crippen LogP contribution in [0, 0.1) is 0 Å². The van der Waals surface area contributed by atoms with E-state index < -0.39 is 11.7 Å². The first kappa shape index (κ1) is 24.4. The standard InChI is InChI=1S/C24H34ClN3O4/c1-5-31-20-21(29)28(14-13-26-20)19-9-11-24(12-10-19,17-7-6-8-18(25)15-17)16-27-22(30)32-23(2,3)4/h6-8,15,19H,5,9-14,16H2,1-4H3,(H,27,30)/t19-,24-. The van der Waals surface area contributed by atoms with Gasteiger partial charge < -0.3 is 19.7 Å². The van der Waals surface area contributed by atoms with Gasteiger partial charge in [-0.15, -0.1) is 0 Å². The highest BCUT2D eigenvalue weighted by molar-refractivity contribution is 6.35. The van der Waals surface area contributed by atoms with Gasteiger partial charge in [0.1, 0.15) is 5.60 Å². The topological polar surface area (TPSA) is 80.2 Å². The summed E-state index contributed by atoms with van der Waals surface area (Å²) in [6.45, 7) is 9.45. The average molecular weight is 464 g/mol. The van der Waals surface area contributed by atoms with Crippen LogP contribution in [-0.4, -0.2) is 60.7 Å². The largest absolute Gasteiger partial charge is 0.474 e. The molecule has 2 amide bonds. The van der Waals surface area contributed by atoms with Crippen LogP contribution in [-0.2, 0) is 19.7 Å². The van der Waals surface area contributed by atoms with Gasteiger partial charge in [0.05, 0.1) is 13.2 Å². The number of ether oxygens (including phenoxy) is 2. The molecule has 7 nitrogen and oxygen atoms in total. The van der Waals surface area contributed by atoms with E-state index >= 15 is 0 Å². The molecule has 0 aromatic heterocycles. The van der Waals surface area contributed by atoms with Crippen molar-refractivity contribution in [1.82, 2.24) is 10.2 Å². The molecule has 1 aromatic carbocycles. The van der Waals surface area contributed by atoms with Crippen molar-refractivity contribution in [1.29, 1.82) is 0 Å². The minimum Gasteiger partial charge on any atom is -0.474 e. The lowest BCUT2D eigenvalue weighted by Crippen LogP contribution is -2.52. The maximum atomic E-state index is 12.8. The highest BCUT2D eigenvalue weighted by atomic mass is 35.5. The number of halogens is 1. The summed E-state index contributed by atoms with van der Waals surface area (Å²) in [6.07, 6.45) is 2.86. The first-order valence-electron chi connectivity index (χ1n) is 11.3. The number of aliphatic imine (C=N–C) groups is 1. The number of benzene rings is 1. The third-order valence-corrected chi connectivity index (χ3v) is 6.32. The SMILES string of the molecule is CCOC1=NCCN([C@H]2CC[C@](CNC(=O)OC(C)(C)C)(c3cccc(Cl)c3)CC2)C1=O. The molecule has 2 aliphatic rings. The summed E-state index contributed by atoms with van der Waals surface area (Å²) in [5.41, 5.74) is 0.272. The summed E-state index contributed by atoms with van der Waals surface area (Å²) < 4.78 is 10.9. The van der Waals surface area contributed by atoms with Crippen LogP contribution in [0.4, 0.5) is 4.79 Å². The van der Waals surface area contributed by atoms with E-state index in [-0.39, 0.29) is 23.3 Å². The minimum absolute atomic E-state index is 0.120. The first-order chi connectivity index (χ1) is 15.1. The molecule has 0 unspecified atom stereocenters. The highest BCUT2D eigenvalue weighted by Gasteiger charge is 2.41. The molecule has 32 heavy (non-hydrogen) atoms. The molecule has 8 heteroatoms. The summed E-state index contributed by atoms with van der Waals surface area (Å²) in [4.78, 5) is 31.3. The van der Waals surface area contributed by atoms with Gasteiger partial charge in [0.15, 0.2) is 0 Å². The van der Waals surface area contributed by atoms with Crippen molar-refractivity contribution in [2.45, 2.75) is 70.4 Å². The lowest BCUT2D eigenvalue weighted by Gasteiger charge is -2.44. The molecule has 0 spiro atoms. The summed E-state index contributed by atoms with van der Waals surface area (Å²) in [6, 6.07) is 7.96. The Morgan fingerprint density at radius 2 is 2.03 bits per heavy atom. The van der Waals surface area contributed by atoms with Gasteiger partial charge in [0.25, 0.3) is 5.90 Å². The maximum Gasteiger partial charge on any atom is 0.407 e. The fourth-order valence-electron chi connectivity index (χ4n) is 4.55. The van der Waals surface area contributed by atoms with Crippen LogP contribution in [0.25, 0.3) is 0 Å². The molecule has 176 valence electrons. The molecule has 0 saturated heterocycles. The van der Waals surface area contributed by atoms with Gasteiger partial charge in [-0.2, -0.15) is 0 Å². The number of amides is 2. The summed E-state index contributed by atoms with van der Waals surface area (Å²) in [5, 5.41) is 3.64. The molecule has 1 aromatic rings. The van der Waals surface area contributed by atoms with Crippen LogP contribution in [0.3, 0.4) is 0 Å². The van der Waals surface area contributed by atoms with Gasteiger partial charge >= 0.3 is 12.0 Å². The third kappa shape index (κ3) is 5.94. The van der Waals surface area contributed by atoms with E-state index in [0.717, 1.165) is 31.2 Å². The van der Waals surface area contributed by atoms with Crippen LogP contribution in [0.15, 0.2) is 29.3 Å². The zero-order valence-corrected chi connectivity index (χ0v) is 20.2. The average Bonchev–Trinajstić information content (AvgIpc) is 2.73. The number of nitrogens with one attached hydrogen (secondary N) is 1. The number of nitrogens with zero attached hydrogens (tertiary/aromatic N) is 2. The van der Waals surface area contributed by atoms with Gasteiger partial charge in [-0.1, -0.05) is 23.7 Å². The summed E-state index contributed by atoms with van der Waals surface area (Å²) in [7, 11) is 0. The summed E-state index contributed by atoms with van der Waals surface area (Å²) in [5.74, 6) is 0.0993. The molecule has 0 atom stereocenters. The van der Waals surface area contributed by atoms with Crippen molar-refractivity contribution in [3.63, 3.8) is 0 Å². The van der Waals surface area contributed by atoms with E-state index in [4.69, 9.17) is 21.1 Å². The van der Waals surface area contributed by atoms with E-state index in [1.54, 1.807) is 0 Å². The fraction of sp³-hybridized carbons (Fsp3) is 0.625. The Hall–Kier alpha value is -2.28. The van der Waals surface area contributed by atoms with E-state index in [0.29, 0.717) is 31.3 Å². The zero-order chi connectivity index (χ0) is 23.4. The first-order valence-corrected chi connectivity index (χ1v) is 11.7. The molecule has 1 fully saturated rings. The highest BCUT2D eigenvalue weighted by Crippen LogP contribution is 2.41. The monoisotopic (exact) mass is 463 g/mol. The van der Waals surface area contributed by atoms with Crippen LogP contribution in [0.1, 0.15) is 58.9 Å². The van der Waals surface area contributed by atoms with Gasteiger partial charge in [-0.25, -0.2) is 9.79 Å². The quantitative estimate of drug-likeness (QED) is 0.705. The van der Waals surface area contributed by atoms with Crippen molar-refractivity contribution in [3.8, 4) is 0 Å². The number of rotatable bonds is 5. The Balaban J connectivity index is 1.73. The molecular weight excluding hydrogens is 430 g/mol. The second-order valence-electron chi connectivity index (χ2n) is 9.50. The maximum absolute atomic E-state index is 12.8. The molecule has 3 rings (SSSR count). The number of alkyl carbamates (subject to hydrolysis) is 1. The molecule has 1 heterocycles. The molecule has 0 radical (unpaired) electrons. The Bertz CT molecular complexity index is 857. The smallest absolute Gasteiger partial charge is 0.407 e. The number of carbonyl (C=O) groups is 2. The molecule has 1 N–H and O–H groups in total. The molecule has 1 aliphatic carbocycles. The normalized spacial score (nSPS) is 24.0. The second-order valence-corrected chi connectivity index (χ2v) is 9.93. The Morgan fingerprint density at radius 1 is 1.31 bits per heavy atom. The van der Waals surface area contributed by atoms with E-state index in [1.807, 2.05) is 50.8 Å². The number of hydrogen-bond donors (Lipinski definition) is 1. The minimum atomic E-state index is -0.556. The predicted octanol–water partition coefficient (Wildman–Crippen LogP) is 4.32. The Morgan fingerprint density at radius 3 is 2.66 bits per heavy atom. The fourth-order valence-corrected chi connectivity index (χ4v) is 4.74. The predicted molar refractivity (Wildman–Crippen MR) is 125 cm³/mol. The van der Waals surface area contributed by atoms with Gasteiger partial charge in [0, 0.05) is 29.6 Å². The van der Waals surface area contributed by atoms with Crippen molar-refractivity contribution in [2.24, 2.45) is 4.99 Å². The van der Waals surface area contributed by atoms with E-state index in [1.165, 1.54) is 0 Å². The van der Waals surface area contributed by atoms with Gasteiger partial charge in [-0.05, 0) is 71.1 Å². The Kier molecular flexibility index (Phi) is 7.70. The van der Waals surface area contributed by atoms with Crippen LogP contribution < -0.4 is 5.32 Å². The molecule has 1 saturated carbocycles. The van der Waals surface area contributed by atoms with E-state index in [9.17, 15) is 9.59 Å². The van der Waals surface area contributed by atoms with Crippen LogP contribution >= 0.6 is 11.6 Å². The third-order valence-electron chi connectivity index (χ3n) is 6.08. The zero-order valence-electron chi connectivity index (χ0n) is 19.4. The van der Waals surface area contributed by atoms with Crippen LogP contribution in [0.2, 0.25) is 5.02 Å². The number of carbonyl (C=O) groups excluding carboxylic acids is 2. The molecule has 0 bridgehead atoms. The van der Waals surface area contributed by atoms with Gasteiger partial charge in [-0.3, -0.25) is 4.79 Å². The van der Waals surface area contributed by atoms with Crippen molar-refractivity contribution >= 4 is 29.5 Å². The van der Waals surface area contributed by atoms with Crippen molar-refractivity contribution in [2.75, 3.05) is 26.2 Å². The van der Waals surface area contributed by atoms with Crippen molar-refractivity contribution in [3.05, 3.63) is 34.9 Å². The molecular formula is C24H34ClN3O4.